The number of likely N-dealkylation sites (tertiary alicyclic amines) is 1. The third-order valence-electron chi connectivity index (χ3n) is 3.74. The van der Waals surface area contributed by atoms with E-state index in [4.69, 9.17) is 4.74 Å². The highest BCUT2D eigenvalue weighted by Gasteiger charge is 2.34. The van der Waals surface area contributed by atoms with Crippen molar-refractivity contribution in [2.24, 2.45) is 0 Å². The van der Waals surface area contributed by atoms with Gasteiger partial charge in [-0.05, 0) is 61.7 Å². The topological polar surface area (TPSA) is 66.9 Å². The molecule has 0 saturated carbocycles. The van der Waals surface area contributed by atoms with Gasteiger partial charge in [-0.1, -0.05) is 0 Å². The van der Waals surface area contributed by atoms with E-state index in [2.05, 4.69) is 15.9 Å². The van der Waals surface area contributed by atoms with Gasteiger partial charge in [-0.2, -0.15) is 4.31 Å². The van der Waals surface area contributed by atoms with Crippen molar-refractivity contribution in [3.8, 4) is 0 Å². The number of piperidine rings is 1. The number of hydrogen-bond donors (Lipinski definition) is 0. The number of sulfonamides is 1. The van der Waals surface area contributed by atoms with Crippen molar-refractivity contribution in [2.45, 2.75) is 49.5 Å². The molecule has 1 aliphatic heterocycles. The van der Waals surface area contributed by atoms with Crippen molar-refractivity contribution < 1.29 is 17.9 Å². The number of hydrogen-bond acceptors (Lipinski definition) is 5. The maximum atomic E-state index is 12.7. The predicted molar refractivity (Wildman–Crippen MR) is 97.8 cm³/mol. The minimum Gasteiger partial charge on any atom is -0.444 e. The second-order valence-electron chi connectivity index (χ2n) is 6.80. The van der Waals surface area contributed by atoms with Crippen LogP contribution in [0.1, 0.15) is 33.6 Å². The summed E-state index contributed by atoms with van der Waals surface area (Å²) in [5.41, 5.74) is -0.564. The van der Waals surface area contributed by atoms with Crippen LogP contribution in [0.3, 0.4) is 0 Å². The van der Waals surface area contributed by atoms with Gasteiger partial charge >= 0.3 is 6.09 Å². The maximum Gasteiger partial charge on any atom is 0.410 e. The molecular formula is C15H23BrN2O4S2. The molecule has 24 heavy (non-hydrogen) atoms. The fraction of sp³-hybridized carbons (Fsp3) is 0.667. The van der Waals surface area contributed by atoms with Crippen LogP contribution in [0.4, 0.5) is 4.79 Å². The summed E-state index contributed by atoms with van der Waals surface area (Å²) in [5, 5.41) is 0. The Hall–Kier alpha value is -0.640. The second kappa shape index (κ2) is 7.31. The Labute approximate surface area is 156 Å². The molecule has 2 heterocycles. The molecule has 1 fully saturated rings. The Morgan fingerprint density at radius 3 is 2.62 bits per heavy atom. The van der Waals surface area contributed by atoms with E-state index in [9.17, 15) is 13.2 Å². The molecule has 9 heteroatoms. The number of carbonyl (C=O) groups excluding carboxylic acids is 1. The monoisotopic (exact) mass is 438 g/mol. The standard InChI is InChI=1S/C15H23BrN2O4S2/c1-15(2,3)22-14(19)18-9-5-6-11(10-18)17(4)24(20,21)13-8-7-12(16)23-13/h7-8,11H,5-6,9-10H2,1-4H3/t11-/m0/s1. The molecule has 0 spiro atoms. The van der Waals surface area contributed by atoms with E-state index in [1.807, 2.05) is 20.8 Å². The summed E-state index contributed by atoms with van der Waals surface area (Å²) in [4.78, 5) is 13.8. The third kappa shape index (κ3) is 4.71. The van der Waals surface area contributed by atoms with Crippen LogP contribution in [0.2, 0.25) is 0 Å². The van der Waals surface area contributed by atoms with Crippen LogP contribution in [-0.4, -0.2) is 55.5 Å². The highest BCUT2D eigenvalue weighted by Crippen LogP contribution is 2.30. The largest absolute Gasteiger partial charge is 0.444 e. The second-order valence-corrected chi connectivity index (χ2v) is 11.5. The fourth-order valence-corrected chi connectivity index (χ4v) is 6.09. The van der Waals surface area contributed by atoms with Gasteiger partial charge in [-0.25, -0.2) is 13.2 Å². The zero-order valence-corrected chi connectivity index (χ0v) is 17.5. The van der Waals surface area contributed by atoms with E-state index < -0.39 is 21.7 Å². The molecule has 0 aromatic carbocycles. The summed E-state index contributed by atoms with van der Waals surface area (Å²) in [5.74, 6) is 0. The Morgan fingerprint density at radius 1 is 1.42 bits per heavy atom. The molecule has 0 aliphatic carbocycles. The Kier molecular flexibility index (Phi) is 5.99. The lowest BCUT2D eigenvalue weighted by Crippen LogP contribution is -2.51. The minimum absolute atomic E-state index is 0.253. The quantitative estimate of drug-likeness (QED) is 0.723. The molecule has 0 unspecified atom stereocenters. The van der Waals surface area contributed by atoms with Gasteiger partial charge in [0.25, 0.3) is 10.0 Å². The van der Waals surface area contributed by atoms with Gasteiger partial charge < -0.3 is 9.64 Å². The van der Waals surface area contributed by atoms with Crippen LogP contribution in [0, 0.1) is 0 Å². The summed E-state index contributed by atoms with van der Waals surface area (Å²) in [7, 11) is -1.98. The van der Waals surface area contributed by atoms with E-state index in [1.54, 1.807) is 24.1 Å². The molecule has 0 bridgehead atoms. The number of amides is 1. The van der Waals surface area contributed by atoms with Crippen molar-refractivity contribution in [3.63, 3.8) is 0 Å². The third-order valence-corrected chi connectivity index (χ3v) is 7.75. The SMILES string of the molecule is CN([C@H]1CCCN(C(=O)OC(C)(C)C)C1)S(=O)(=O)c1ccc(Br)s1. The molecule has 1 aliphatic rings. The number of nitrogens with zero attached hydrogens (tertiary/aromatic N) is 2. The van der Waals surface area contributed by atoms with Crippen LogP contribution in [0.15, 0.2) is 20.1 Å². The first-order valence-corrected chi connectivity index (χ1v) is 10.8. The Balaban J connectivity index is 2.10. The van der Waals surface area contributed by atoms with E-state index >= 15 is 0 Å². The normalized spacial score (nSPS) is 19.6. The summed E-state index contributed by atoms with van der Waals surface area (Å²) in [6.07, 6.45) is 1.08. The van der Waals surface area contributed by atoms with Gasteiger partial charge in [0.1, 0.15) is 9.81 Å². The lowest BCUT2D eigenvalue weighted by molar-refractivity contribution is 0.0163. The molecule has 0 radical (unpaired) electrons. The van der Waals surface area contributed by atoms with Crippen LogP contribution < -0.4 is 0 Å². The van der Waals surface area contributed by atoms with E-state index in [1.165, 1.54) is 15.6 Å². The molecule has 1 aromatic rings. The zero-order valence-electron chi connectivity index (χ0n) is 14.3. The van der Waals surface area contributed by atoms with Crippen LogP contribution in [0.5, 0.6) is 0 Å². The number of carbonyl (C=O) groups is 1. The Bertz CT molecular complexity index is 697. The van der Waals surface area contributed by atoms with Crippen molar-refractivity contribution >= 4 is 43.4 Å². The summed E-state index contributed by atoms with van der Waals surface area (Å²) >= 11 is 4.48. The lowest BCUT2D eigenvalue weighted by atomic mass is 10.1. The van der Waals surface area contributed by atoms with Gasteiger partial charge in [-0.15, -0.1) is 11.3 Å². The van der Waals surface area contributed by atoms with Crippen molar-refractivity contribution in [1.29, 1.82) is 0 Å². The minimum atomic E-state index is -3.56. The average Bonchev–Trinajstić information content (AvgIpc) is 2.92. The van der Waals surface area contributed by atoms with E-state index in [0.29, 0.717) is 17.3 Å². The molecule has 1 amide bonds. The summed E-state index contributed by atoms with van der Waals surface area (Å²) in [6.45, 7) is 6.38. The van der Waals surface area contributed by atoms with Gasteiger partial charge in [0.2, 0.25) is 0 Å². The van der Waals surface area contributed by atoms with Crippen molar-refractivity contribution in [2.75, 3.05) is 20.1 Å². The fourth-order valence-electron chi connectivity index (χ4n) is 2.52. The first-order valence-electron chi connectivity index (χ1n) is 7.72. The zero-order chi connectivity index (χ0) is 18.1. The number of halogens is 1. The smallest absolute Gasteiger partial charge is 0.410 e. The number of likely N-dealkylation sites (N-methyl/N-ethyl adjacent to an activating group) is 1. The van der Waals surface area contributed by atoms with Crippen molar-refractivity contribution in [3.05, 3.63) is 15.9 Å². The van der Waals surface area contributed by atoms with Crippen molar-refractivity contribution in [1.82, 2.24) is 9.21 Å². The molecule has 0 N–H and O–H groups in total. The first-order chi connectivity index (χ1) is 11.0. The predicted octanol–water partition coefficient (Wildman–Crippen LogP) is 3.53. The molecule has 136 valence electrons. The first kappa shape index (κ1) is 19.7. The number of ether oxygens (including phenoxy) is 1. The van der Waals surface area contributed by atoms with Gasteiger partial charge in [0, 0.05) is 26.2 Å². The molecule has 2 rings (SSSR count). The van der Waals surface area contributed by atoms with Gasteiger partial charge in [0.05, 0.1) is 3.79 Å². The Morgan fingerprint density at radius 2 is 2.08 bits per heavy atom. The molecular weight excluding hydrogens is 416 g/mol. The highest BCUT2D eigenvalue weighted by atomic mass is 79.9. The number of rotatable bonds is 3. The van der Waals surface area contributed by atoms with E-state index in [0.717, 1.165) is 16.6 Å². The highest BCUT2D eigenvalue weighted by molar-refractivity contribution is 9.11. The number of thiophene rings is 1. The van der Waals surface area contributed by atoms with Crippen LogP contribution in [0.25, 0.3) is 0 Å². The summed E-state index contributed by atoms with van der Waals surface area (Å²) in [6, 6.07) is 3.06. The van der Waals surface area contributed by atoms with Crippen LogP contribution >= 0.6 is 27.3 Å². The van der Waals surface area contributed by atoms with E-state index in [-0.39, 0.29) is 6.04 Å². The molecule has 1 saturated heterocycles. The molecule has 1 atom stereocenters. The summed E-state index contributed by atoms with van der Waals surface area (Å²) < 4.78 is 33.3. The molecule has 1 aromatic heterocycles. The van der Waals surface area contributed by atoms with Gasteiger partial charge in [0.15, 0.2) is 0 Å². The maximum absolute atomic E-state index is 12.7. The molecule has 6 nitrogen and oxygen atoms in total. The lowest BCUT2D eigenvalue weighted by Gasteiger charge is -2.37. The van der Waals surface area contributed by atoms with Crippen LogP contribution in [-0.2, 0) is 14.8 Å². The van der Waals surface area contributed by atoms with Gasteiger partial charge in [-0.3, -0.25) is 0 Å². The average molecular weight is 439 g/mol.